The summed E-state index contributed by atoms with van der Waals surface area (Å²) < 4.78 is 0. The van der Waals surface area contributed by atoms with Crippen LogP contribution in [-0.4, -0.2) is 12.5 Å². The van der Waals surface area contributed by atoms with Crippen LogP contribution < -0.4 is 5.32 Å². The quantitative estimate of drug-likeness (QED) is 0.498. The molecule has 0 rings (SSSR count). The van der Waals surface area contributed by atoms with E-state index in [2.05, 4.69) is 25.4 Å². The summed E-state index contributed by atoms with van der Waals surface area (Å²) >= 11 is 0. The van der Waals surface area contributed by atoms with Gasteiger partial charge in [-0.2, -0.15) is 0 Å². The molecule has 0 atom stereocenters. The van der Waals surface area contributed by atoms with Crippen LogP contribution in [0.15, 0.2) is 24.8 Å². The Hall–Kier alpha value is -1.05. The van der Waals surface area contributed by atoms with Crippen LogP contribution in [0.2, 0.25) is 0 Å². The molecule has 1 amide bonds. The van der Waals surface area contributed by atoms with E-state index in [0.29, 0.717) is 12.1 Å². The van der Waals surface area contributed by atoms with E-state index < -0.39 is 0 Å². The fourth-order valence-electron chi connectivity index (χ4n) is 0.794. The molecule has 0 spiro atoms. The molecule has 0 saturated heterocycles. The van der Waals surface area contributed by atoms with Crippen molar-refractivity contribution in [2.75, 3.05) is 6.54 Å². The maximum Gasteiger partial charge on any atom is 0.246 e. The number of amides is 1. The summed E-state index contributed by atoms with van der Waals surface area (Å²) in [6, 6.07) is 0. The van der Waals surface area contributed by atoms with E-state index >= 15 is 0 Å². The van der Waals surface area contributed by atoms with E-state index in [-0.39, 0.29) is 13.3 Å². The molecule has 13 heavy (non-hydrogen) atoms. The van der Waals surface area contributed by atoms with E-state index in [1.54, 1.807) is 6.08 Å². The number of carbonyl (C=O) groups excluding carboxylic acids is 1. The first kappa shape index (κ1) is 14.5. The van der Waals surface area contributed by atoms with Crippen LogP contribution in [0.5, 0.6) is 0 Å². The number of unbranched alkanes of at least 4 members (excludes halogenated alkanes) is 1. The maximum atomic E-state index is 11.1. The number of nitrogens with one attached hydrogen (secondary N) is 1. The smallest absolute Gasteiger partial charge is 0.246 e. The van der Waals surface area contributed by atoms with Crippen molar-refractivity contribution in [3.8, 4) is 0 Å². The lowest BCUT2D eigenvalue weighted by molar-refractivity contribution is -0.117. The minimum Gasteiger partial charge on any atom is -0.349 e. The predicted molar refractivity (Wildman–Crippen MR) is 58.6 cm³/mol. The van der Waals surface area contributed by atoms with E-state index in [9.17, 15) is 4.79 Å². The molecule has 0 bridgehead atoms. The monoisotopic (exact) mass is 183 g/mol. The molecule has 0 heterocycles. The maximum absolute atomic E-state index is 11.1. The molecule has 0 aromatic carbocycles. The first-order valence-corrected chi connectivity index (χ1v) is 4.29. The van der Waals surface area contributed by atoms with Crippen molar-refractivity contribution in [3.05, 3.63) is 24.8 Å². The van der Waals surface area contributed by atoms with Gasteiger partial charge in [0.2, 0.25) is 5.91 Å². The van der Waals surface area contributed by atoms with Gasteiger partial charge in [0, 0.05) is 12.1 Å². The molecule has 0 aliphatic rings. The van der Waals surface area contributed by atoms with Crippen molar-refractivity contribution in [2.45, 2.75) is 33.6 Å². The Bertz CT molecular complexity index is 173. The standard InChI is InChI=1S/C10H17NO.CH4/c1-4-6-7-9(3)10(12)11-8-5-2;/h5H,2-4,6-8H2,1H3,(H,11,12);1H4. The Labute approximate surface area is 81.7 Å². The Kier molecular flexibility index (Phi) is 10.1. The average Bonchev–Trinajstić information content (AvgIpc) is 2.10. The van der Waals surface area contributed by atoms with Crippen molar-refractivity contribution < 1.29 is 4.79 Å². The van der Waals surface area contributed by atoms with Gasteiger partial charge in [0.25, 0.3) is 0 Å². The molecule has 2 nitrogen and oxygen atoms in total. The van der Waals surface area contributed by atoms with Gasteiger partial charge < -0.3 is 5.32 Å². The topological polar surface area (TPSA) is 29.1 Å². The molecular weight excluding hydrogens is 162 g/mol. The molecule has 0 aromatic heterocycles. The lowest BCUT2D eigenvalue weighted by Gasteiger charge is -2.03. The summed E-state index contributed by atoms with van der Waals surface area (Å²) in [5.41, 5.74) is 0.665. The van der Waals surface area contributed by atoms with Crippen molar-refractivity contribution in [3.63, 3.8) is 0 Å². The van der Waals surface area contributed by atoms with Gasteiger partial charge in [0.1, 0.15) is 0 Å². The average molecular weight is 183 g/mol. The summed E-state index contributed by atoms with van der Waals surface area (Å²) in [7, 11) is 0. The molecule has 0 aliphatic carbocycles. The Morgan fingerprint density at radius 3 is 2.62 bits per heavy atom. The van der Waals surface area contributed by atoms with Crippen LogP contribution in [0.4, 0.5) is 0 Å². The molecule has 76 valence electrons. The van der Waals surface area contributed by atoms with Crippen LogP contribution in [0.25, 0.3) is 0 Å². The van der Waals surface area contributed by atoms with Crippen molar-refractivity contribution in [1.29, 1.82) is 0 Å². The largest absolute Gasteiger partial charge is 0.349 e. The lowest BCUT2D eigenvalue weighted by atomic mass is 10.1. The number of hydrogen-bond acceptors (Lipinski definition) is 1. The summed E-state index contributed by atoms with van der Waals surface area (Å²) in [5.74, 6) is -0.0525. The van der Waals surface area contributed by atoms with Crippen LogP contribution in [-0.2, 0) is 4.79 Å². The van der Waals surface area contributed by atoms with Crippen molar-refractivity contribution in [2.24, 2.45) is 0 Å². The number of carbonyl (C=O) groups is 1. The summed E-state index contributed by atoms with van der Waals surface area (Å²) in [6.07, 6.45) is 4.57. The second-order valence-electron chi connectivity index (χ2n) is 2.71. The minimum atomic E-state index is -0.0525. The fraction of sp³-hybridized carbons (Fsp3) is 0.545. The molecule has 2 heteroatoms. The number of hydrogen-bond donors (Lipinski definition) is 1. The van der Waals surface area contributed by atoms with Crippen LogP contribution in [0, 0.1) is 0 Å². The van der Waals surface area contributed by atoms with Crippen LogP contribution >= 0.6 is 0 Å². The highest BCUT2D eigenvalue weighted by Crippen LogP contribution is 2.03. The lowest BCUT2D eigenvalue weighted by Crippen LogP contribution is -2.24. The van der Waals surface area contributed by atoms with Gasteiger partial charge in [-0.05, 0) is 12.8 Å². The van der Waals surface area contributed by atoms with Crippen molar-refractivity contribution >= 4 is 5.91 Å². The van der Waals surface area contributed by atoms with Gasteiger partial charge in [0.05, 0.1) is 0 Å². The molecule has 0 saturated carbocycles. The van der Waals surface area contributed by atoms with Gasteiger partial charge in [0.15, 0.2) is 0 Å². The van der Waals surface area contributed by atoms with E-state index in [1.807, 2.05) is 0 Å². The highest BCUT2D eigenvalue weighted by atomic mass is 16.1. The van der Waals surface area contributed by atoms with Gasteiger partial charge in [-0.3, -0.25) is 4.79 Å². The van der Waals surface area contributed by atoms with Crippen LogP contribution in [0.3, 0.4) is 0 Å². The third-order valence-electron chi connectivity index (χ3n) is 1.56. The number of rotatable bonds is 6. The first-order chi connectivity index (χ1) is 5.72. The Balaban J connectivity index is 0. The van der Waals surface area contributed by atoms with E-state index in [1.165, 1.54) is 0 Å². The SMILES string of the molecule is C.C=CCNC(=O)C(=C)CCCC. The predicted octanol–water partition coefficient (Wildman–Crippen LogP) is 2.67. The summed E-state index contributed by atoms with van der Waals surface area (Å²) in [4.78, 5) is 11.1. The molecule has 0 unspecified atom stereocenters. The zero-order chi connectivity index (χ0) is 9.40. The minimum absolute atomic E-state index is 0. The normalized spacial score (nSPS) is 8.38. The van der Waals surface area contributed by atoms with E-state index in [0.717, 1.165) is 19.3 Å². The summed E-state index contributed by atoms with van der Waals surface area (Å²) in [6.45, 7) is 9.82. The second kappa shape index (κ2) is 9.04. The van der Waals surface area contributed by atoms with Crippen LogP contribution in [0.1, 0.15) is 33.6 Å². The Morgan fingerprint density at radius 2 is 2.15 bits per heavy atom. The molecule has 1 N–H and O–H groups in total. The van der Waals surface area contributed by atoms with E-state index in [4.69, 9.17) is 0 Å². The van der Waals surface area contributed by atoms with Crippen molar-refractivity contribution in [1.82, 2.24) is 5.32 Å². The zero-order valence-electron chi connectivity index (χ0n) is 7.73. The molecule has 0 radical (unpaired) electrons. The van der Waals surface area contributed by atoms with Gasteiger partial charge in [-0.1, -0.05) is 33.4 Å². The molecule has 0 fully saturated rings. The van der Waals surface area contributed by atoms with Gasteiger partial charge in [-0.15, -0.1) is 6.58 Å². The molecule has 0 aliphatic heterocycles. The van der Waals surface area contributed by atoms with Gasteiger partial charge >= 0.3 is 0 Å². The van der Waals surface area contributed by atoms with Gasteiger partial charge in [-0.25, -0.2) is 0 Å². The highest BCUT2D eigenvalue weighted by Gasteiger charge is 2.03. The Morgan fingerprint density at radius 1 is 1.54 bits per heavy atom. The second-order valence-corrected chi connectivity index (χ2v) is 2.71. The molecular formula is C11H21NO. The fourth-order valence-corrected chi connectivity index (χ4v) is 0.794. The zero-order valence-corrected chi connectivity index (χ0v) is 7.73. The third kappa shape index (κ3) is 7.32. The molecule has 0 aromatic rings. The highest BCUT2D eigenvalue weighted by molar-refractivity contribution is 5.92. The summed E-state index contributed by atoms with van der Waals surface area (Å²) in [5, 5.41) is 2.68. The first-order valence-electron chi connectivity index (χ1n) is 4.29. The third-order valence-corrected chi connectivity index (χ3v) is 1.56.